The Morgan fingerprint density at radius 3 is 2.53 bits per heavy atom. The topological polar surface area (TPSA) is 87.0 Å². The molecular weight excluding hydrogens is 476 g/mol. The van der Waals surface area contributed by atoms with E-state index in [-0.39, 0.29) is 17.7 Å². The van der Waals surface area contributed by atoms with Gasteiger partial charge in [0.05, 0.1) is 22.4 Å². The van der Waals surface area contributed by atoms with Crippen LogP contribution in [-0.2, 0) is 14.3 Å². The number of hydrogen-bond donors (Lipinski definition) is 0. The maximum absolute atomic E-state index is 13.6. The summed E-state index contributed by atoms with van der Waals surface area (Å²) in [6, 6.07) is 13.1. The number of halogens is 1. The minimum Gasteiger partial charge on any atom is -0.463 e. The number of nitrogens with zero attached hydrogens (tertiary/aromatic N) is 2. The van der Waals surface area contributed by atoms with Crippen LogP contribution in [0.25, 0.3) is 6.08 Å². The summed E-state index contributed by atoms with van der Waals surface area (Å²) < 4.78 is 12.3. The SMILES string of the molecule is CCOC(=O)C1=C(C)N=c2s/c(=C/c3ccc(OC(C)=O)cc3)c(=O)n2[C@@H]1c1ccccc1Cl. The molecule has 0 aliphatic carbocycles. The lowest BCUT2D eigenvalue weighted by atomic mass is 9.96. The predicted molar refractivity (Wildman–Crippen MR) is 130 cm³/mol. The molecule has 174 valence electrons. The van der Waals surface area contributed by atoms with E-state index in [0.717, 1.165) is 5.56 Å². The number of rotatable bonds is 5. The van der Waals surface area contributed by atoms with Crippen molar-refractivity contribution in [3.8, 4) is 5.75 Å². The average molecular weight is 497 g/mol. The summed E-state index contributed by atoms with van der Waals surface area (Å²) in [5.41, 5.74) is 1.81. The van der Waals surface area contributed by atoms with Crippen molar-refractivity contribution in [2.24, 2.45) is 4.99 Å². The molecule has 0 saturated carbocycles. The molecule has 0 bridgehead atoms. The molecule has 0 N–H and O–H groups in total. The number of fused-ring (bicyclic) bond motifs is 1. The van der Waals surface area contributed by atoms with Gasteiger partial charge in [-0.2, -0.15) is 0 Å². The van der Waals surface area contributed by atoms with E-state index in [9.17, 15) is 14.4 Å². The quantitative estimate of drug-likeness (QED) is 0.399. The molecule has 1 aliphatic rings. The van der Waals surface area contributed by atoms with Gasteiger partial charge in [0.2, 0.25) is 0 Å². The highest BCUT2D eigenvalue weighted by Crippen LogP contribution is 2.34. The Kier molecular flexibility index (Phi) is 6.81. The van der Waals surface area contributed by atoms with E-state index in [1.54, 1.807) is 68.5 Å². The second-order valence-corrected chi connectivity index (χ2v) is 8.90. The molecule has 0 radical (unpaired) electrons. The standard InChI is InChI=1S/C25H21ClN2O5S/c1-4-32-24(31)21-14(2)27-25-28(22(21)18-7-5-6-8-19(18)26)23(30)20(34-25)13-16-9-11-17(12-10-16)33-15(3)29/h5-13,22H,4H2,1-3H3/b20-13+/t22-/m1/s1. The van der Waals surface area contributed by atoms with Gasteiger partial charge in [0.1, 0.15) is 11.8 Å². The van der Waals surface area contributed by atoms with Crippen molar-refractivity contribution in [3.05, 3.63) is 95.6 Å². The molecule has 0 spiro atoms. The molecule has 2 heterocycles. The van der Waals surface area contributed by atoms with Crippen molar-refractivity contribution < 1.29 is 19.1 Å². The second-order valence-electron chi connectivity index (χ2n) is 7.49. The van der Waals surface area contributed by atoms with Gasteiger partial charge in [-0.15, -0.1) is 0 Å². The Hall–Kier alpha value is -3.49. The van der Waals surface area contributed by atoms with E-state index < -0.39 is 18.0 Å². The number of allylic oxidation sites excluding steroid dienone is 1. The van der Waals surface area contributed by atoms with Gasteiger partial charge in [0.25, 0.3) is 5.56 Å². The normalized spacial score (nSPS) is 15.5. The van der Waals surface area contributed by atoms with Gasteiger partial charge in [-0.1, -0.05) is 53.3 Å². The summed E-state index contributed by atoms with van der Waals surface area (Å²) >= 11 is 7.72. The van der Waals surface area contributed by atoms with Crippen molar-refractivity contribution in [1.82, 2.24) is 4.57 Å². The minimum absolute atomic E-state index is 0.193. The van der Waals surface area contributed by atoms with Crippen LogP contribution in [0.3, 0.4) is 0 Å². The van der Waals surface area contributed by atoms with Crippen molar-refractivity contribution in [1.29, 1.82) is 0 Å². The van der Waals surface area contributed by atoms with Crippen molar-refractivity contribution >= 4 is 41.0 Å². The zero-order valence-electron chi connectivity index (χ0n) is 18.7. The summed E-state index contributed by atoms with van der Waals surface area (Å²) in [5.74, 6) is -0.531. The predicted octanol–water partition coefficient (Wildman–Crippen LogP) is 3.38. The first-order chi connectivity index (χ1) is 16.3. The highest BCUT2D eigenvalue weighted by Gasteiger charge is 2.34. The Labute approximate surface area is 204 Å². The molecule has 1 aliphatic heterocycles. The molecule has 1 atom stereocenters. The minimum atomic E-state index is -0.766. The first-order valence-corrected chi connectivity index (χ1v) is 11.7. The van der Waals surface area contributed by atoms with Crippen LogP contribution in [0.5, 0.6) is 5.75 Å². The molecule has 7 nitrogen and oxygen atoms in total. The summed E-state index contributed by atoms with van der Waals surface area (Å²) in [6.07, 6.45) is 1.73. The monoisotopic (exact) mass is 496 g/mol. The van der Waals surface area contributed by atoms with Gasteiger partial charge in [0, 0.05) is 11.9 Å². The number of hydrogen-bond acceptors (Lipinski definition) is 7. The Balaban J connectivity index is 1.88. The Bertz CT molecular complexity index is 1480. The number of esters is 2. The third-order valence-corrected chi connectivity index (χ3v) is 6.48. The van der Waals surface area contributed by atoms with Crippen molar-refractivity contribution in [3.63, 3.8) is 0 Å². The summed E-state index contributed by atoms with van der Waals surface area (Å²) in [7, 11) is 0. The first kappa shape index (κ1) is 23.7. The fourth-order valence-electron chi connectivity index (χ4n) is 3.73. The van der Waals surface area contributed by atoms with E-state index in [4.69, 9.17) is 21.1 Å². The van der Waals surface area contributed by atoms with Gasteiger partial charge in [-0.25, -0.2) is 9.79 Å². The van der Waals surface area contributed by atoms with E-state index in [1.165, 1.54) is 22.8 Å². The molecule has 3 aromatic rings. The lowest BCUT2D eigenvalue weighted by Gasteiger charge is -2.25. The molecule has 4 rings (SSSR count). The number of ether oxygens (including phenoxy) is 2. The third-order valence-electron chi connectivity index (χ3n) is 5.16. The van der Waals surface area contributed by atoms with Crippen LogP contribution < -0.4 is 19.6 Å². The van der Waals surface area contributed by atoms with Crippen LogP contribution in [0, 0.1) is 0 Å². The van der Waals surface area contributed by atoms with Gasteiger partial charge >= 0.3 is 11.9 Å². The molecule has 0 unspecified atom stereocenters. The Morgan fingerprint density at radius 1 is 1.18 bits per heavy atom. The summed E-state index contributed by atoms with van der Waals surface area (Å²) in [6.45, 7) is 4.97. The number of carbonyl (C=O) groups excluding carboxylic acids is 2. The van der Waals surface area contributed by atoms with E-state index in [2.05, 4.69) is 4.99 Å². The lowest BCUT2D eigenvalue weighted by molar-refractivity contribution is -0.139. The number of benzene rings is 2. The molecule has 9 heteroatoms. The number of thiazole rings is 1. The highest BCUT2D eigenvalue weighted by atomic mass is 35.5. The number of aromatic nitrogens is 1. The van der Waals surface area contributed by atoms with Crippen LogP contribution in [0.2, 0.25) is 5.02 Å². The molecule has 2 aromatic carbocycles. The van der Waals surface area contributed by atoms with Crippen LogP contribution in [0.1, 0.15) is 37.9 Å². The largest absolute Gasteiger partial charge is 0.463 e. The van der Waals surface area contributed by atoms with Crippen molar-refractivity contribution in [2.45, 2.75) is 26.8 Å². The smallest absolute Gasteiger partial charge is 0.338 e. The maximum atomic E-state index is 13.6. The number of carbonyl (C=O) groups is 2. The molecule has 0 fully saturated rings. The third kappa shape index (κ3) is 4.60. The van der Waals surface area contributed by atoms with Gasteiger partial charge in [0.15, 0.2) is 4.80 Å². The van der Waals surface area contributed by atoms with Crippen molar-refractivity contribution in [2.75, 3.05) is 6.61 Å². The fraction of sp³-hybridized carbons (Fsp3) is 0.200. The van der Waals surface area contributed by atoms with Gasteiger partial charge in [-0.3, -0.25) is 14.2 Å². The molecule has 34 heavy (non-hydrogen) atoms. The van der Waals surface area contributed by atoms with Gasteiger partial charge < -0.3 is 9.47 Å². The average Bonchev–Trinajstić information content (AvgIpc) is 3.09. The fourth-order valence-corrected chi connectivity index (χ4v) is 5.02. The molecule has 0 saturated heterocycles. The zero-order valence-corrected chi connectivity index (χ0v) is 20.3. The zero-order chi connectivity index (χ0) is 24.4. The Morgan fingerprint density at radius 2 is 1.88 bits per heavy atom. The van der Waals surface area contributed by atoms with E-state index >= 15 is 0 Å². The van der Waals surface area contributed by atoms with E-state index in [0.29, 0.717) is 31.4 Å². The van der Waals surface area contributed by atoms with Gasteiger partial charge in [-0.05, 0) is 49.2 Å². The summed E-state index contributed by atoms with van der Waals surface area (Å²) in [5, 5.41) is 0.430. The van der Waals surface area contributed by atoms with Crippen LogP contribution in [0.4, 0.5) is 0 Å². The first-order valence-electron chi connectivity index (χ1n) is 10.5. The highest BCUT2D eigenvalue weighted by molar-refractivity contribution is 7.07. The maximum Gasteiger partial charge on any atom is 0.338 e. The lowest BCUT2D eigenvalue weighted by Crippen LogP contribution is -2.40. The second kappa shape index (κ2) is 9.79. The van der Waals surface area contributed by atoms with Crippen LogP contribution >= 0.6 is 22.9 Å². The summed E-state index contributed by atoms with van der Waals surface area (Å²) in [4.78, 5) is 42.6. The molecular formula is C25H21ClN2O5S. The molecule has 0 amide bonds. The van der Waals surface area contributed by atoms with E-state index in [1.807, 2.05) is 0 Å². The van der Waals surface area contributed by atoms with Crippen LogP contribution in [-0.4, -0.2) is 23.1 Å². The van der Waals surface area contributed by atoms with Crippen LogP contribution in [0.15, 0.2) is 69.6 Å². The molecule has 1 aromatic heterocycles.